The van der Waals surface area contributed by atoms with Crippen LogP contribution < -0.4 is 10.6 Å². The molecule has 210 valence electrons. The second-order valence-electron chi connectivity index (χ2n) is 9.65. The number of hydrogen-bond donors (Lipinski definition) is 0. The molecule has 0 radical (unpaired) electrons. The first-order chi connectivity index (χ1) is 19.2. The van der Waals surface area contributed by atoms with Gasteiger partial charge in [-0.3, -0.25) is 14.7 Å². The van der Waals surface area contributed by atoms with Gasteiger partial charge in [0.15, 0.2) is 5.16 Å². The van der Waals surface area contributed by atoms with Crippen molar-refractivity contribution in [3.63, 3.8) is 0 Å². The Balaban J connectivity index is 2.17. The molecule has 9 nitrogen and oxygen atoms in total. The zero-order chi connectivity index (χ0) is 28.8. The van der Waals surface area contributed by atoms with E-state index in [1.54, 1.807) is 34.0 Å². The number of benzene rings is 3. The molecule has 1 aliphatic heterocycles. The van der Waals surface area contributed by atoms with Gasteiger partial charge in [0.1, 0.15) is 0 Å². The van der Waals surface area contributed by atoms with Gasteiger partial charge in [-0.25, -0.2) is 0 Å². The number of hydrogen-bond acceptors (Lipinski definition) is 7. The first-order valence-corrected chi connectivity index (χ1v) is 16.3. The summed E-state index contributed by atoms with van der Waals surface area (Å²) in [5, 5.41) is 23.3. The number of nitro benzene ring substituents is 1. The monoisotopic (exact) mass is 581 g/mol. The van der Waals surface area contributed by atoms with Crippen LogP contribution in [0.25, 0.3) is 0 Å². The van der Waals surface area contributed by atoms with Gasteiger partial charge in [-0.05, 0) is 50.4 Å². The molecule has 0 atom stereocenters. The van der Waals surface area contributed by atoms with Crippen LogP contribution in [0, 0.1) is 10.1 Å². The van der Waals surface area contributed by atoms with Crippen molar-refractivity contribution in [3.8, 4) is 0 Å². The zero-order valence-electron chi connectivity index (χ0n) is 22.9. The predicted octanol–water partition coefficient (Wildman–Crippen LogP) is 7.74. The fraction of sp³-hybridized carbons (Fsp3) is 0.276. The summed E-state index contributed by atoms with van der Waals surface area (Å²) < 4.78 is 33.2. The van der Waals surface area contributed by atoms with Gasteiger partial charge in [-0.2, -0.15) is 5.11 Å². The molecule has 3 aromatic rings. The summed E-state index contributed by atoms with van der Waals surface area (Å²) in [4.78, 5) is 10.7. The average molecular weight is 582 g/mol. The van der Waals surface area contributed by atoms with Gasteiger partial charge in [0, 0.05) is 30.8 Å². The van der Waals surface area contributed by atoms with Crippen molar-refractivity contribution in [2.75, 3.05) is 6.61 Å². The molecule has 4 rings (SSSR count). The molecular weight excluding hydrogens is 548 g/mol. The third-order valence-corrected chi connectivity index (χ3v) is 13.6. The van der Waals surface area contributed by atoms with Gasteiger partial charge >= 0.3 is 7.60 Å². The van der Waals surface area contributed by atoms with Crippen LogP contribution in [0.4, 0.5) is 11.4 Å². The molecule has 0 aromatic heterocycles. The van der Waals surface area contributed by atoms with E-state index in [1.165, 1.54) is 24.3 Å². The van der Waals surface area contributed by atoms with Crippen LogP contribution in [-0.4, -0.2) is 28.9 Å². The smallest absolute Gasteiger partial charge is 0.382 e. The van der Waals surface area contributed by atoms with Gasteiger partial charge < -0.3 is 13.8 Å². The summed E-state index contributed by atoms with van der Waals surface area (Å²) in [5.74, 6) is 0. The molecule has 0 spiro atoms. The van der Waals surface area contributed by atoms with Crippen LogP contribution in [0.5, 0.6) is 0 Å². The van der Waals surface area contributed by atoms with E-state index in [0.717, 1.165) is 15.9 Å². The Kier molecular flexibility index (Phi) is 9.54. The Morgan fingerprint density at radius 1 is 0.875 bits per heavy atom. The van der Waals surface area contributed by atoms with Crippen LogP contribution in [0.3, 0.4) is 0 Å². The van der Waals surface area contributed by atoms with E-state index in [-0.39, 0.29) is 10.8 Å². The lowest BCUT2D eigenvalue weighted by molar-refractivity contribution is -0.384. The fourth-order valence-electron chi connectivity index (χ4n) is 4.49. The second kappa shape index (κ2) is 12.9. The molecule has 0 bridgehead atoms. The topological polar surface area (TPSA) is 113 Å². The van der Waals surface area contributed by atoms with E-state index in [0.29, 0.717) is 18.7 Å². The van der Waals surface area contributed by atoms with Crippen LogP contribution in [0.15, 0.2) is 107 Å². The lowest BCUT2D eigenvalue weighted by atomic mass is 10.3. The number of azo groups is 1. The molecule has 0 aliphatic carbocycles. The molecule has 0 fully saturated rings. The number of nitrogens with zero attached hydrogens (tertiary/aromatic N) is 3. The molecule has 0 N–H and O–H groups in total. The zero-order valence-corrected chi connectivity index (χ0v) is 24.7. The van der Waals surface area contributed by atoms with E-state index in [2.05, 4.69) is 5.11 Å². The summed E-state index contributed by atoms with van der Waals surface area (Å²) in [5.41, 5.74) is 0.295. The molecule has 0 saturated carbocycles. The standard InChI is InChI=1S/C29H33N3O6P2/c1-22(2)37-40(35,38-23(3)4)29(31-30-24-15-17-25(18-16-24)32(33)34)39(28-19-20-36-21-28,26-11-7-5-8-12-26)27-13-9-6-10-14-27/h5-18,21-23H,19-20H2,1-4H3. The summed E-state index contributed by atoms with van der Waals surface area (Å²) in [6, 6.07) is 25.3. The number of nitro groups is 1. The number of non-ortho nitro benzene ring substituents is 1. The quantitative estimate of drug-likeness (QED) is 0.0991. The van der Waals surface area contributed by atoms with E-state index >= 15 is 4.57 Å². The van der Waals surface area contributed by atoms with Crippen molar-refractivity contribution in [2.24, 2.45) is 10.2 Å². The predicted molar refractivity (Wildman–Crippen MR) is 160 cm³/mol. The SMILES string of the molecule is CC(C)OP(=O)(OC(C)C)C(N=Nc1ccc([N+](=O)[O-])cc1)=P(C1=COCC1)(c1ccccc1)c1ccccc1. The highest BCUT2D eigenvalue weighted by atomic mass is 31.2. The van der Waals surface area contributed by atoms with Crippen LogP contribution in [0.2, 0.25) is 0 Å². The van der Waals surface area contributed by atoms with Crippen molar-refractivity contribution >= 4 is 41.6 Å². The molecule has 11 heteroatoms. The minimum atomic E-state index is -4.11. The normalized spacial score (nSPS) is 14.0. The van der Waals surface area contributed by atoms with Crippen molar-refractivity contribution in [3.05, 3.63) is 107 Å². The number of ether oxygens (including phenoxy) is 1. The lowest BCUT2D eigenvalue weighted by Gasteiger charge is -2.34. The van der Waals surface area contributed by atoms with Gasteiger partial charge in [0.2, 0.25) is 0 Å². The summed E-state index contributed by atoms with van der Waals surface area (Å²) >= 11 is 0. The summed E-state index contributed by atoms with van der Waals surface area (Å²) in [6.45, 7) is 4.68. The minimum Gasteiger partial charge on any atom is -0.500 e. The average Bonchev–Trinajstić information content (AvgIpc) is 3.46. The van der Waals surface area contributed by atoms with Crippen LogP contribution >= 0.6 is 14.5 Å². The summed E-state index contributed by atoms with van der Waals surface area (Å²) in [7, 11) is -4.11. The third-order valence-electron chi connectivity index (χ3n) is 5.97. The molecule has 3 aromatic carbocycles. The lowest BCUT2D eigenvalue weighted by Crippen LogP contribution is -2.25. The van der Waals surface area contributed by atoms with Crippen molar-refractivity contribution in [1.29, 1.82) is 0 Å². The first-order valence-electron chi connectivity index (χ1n) is 13.0. The highest BCUT2D eigenvalue weighted by Gasteiger charge is 2.45. The highest BCUT2D eigenvalue weighted by molar-refractivity contribution is 8.04. The Hall–Kier alpha value is -3.35. The third kappa shape index (κ3) is 6.34. The Bertz CT molecular complexity index is 1430. The van der Waals surface area contributed by atoms with Crippen molar-refractivity contribution in [1.82, 2.24) is 0 Å². The highest BCUT2D eigenvalue weighted by Crippen LogP contribution is 2.67. The molecule has 40 heavy (non-hydrogen) atoms. The second-order valence-corrected chi connectivity index (χ2v) is 15.2. The largest absolute Gasteiger partial charge is 0.500 e. The van der Waals surface area contributed by atoms with Gasteiger partial charge in [0.05, 0.1) is 35.7 Å². The Morgan fingerprint density at radius 3 is 1.82 bits per heavy atom. The van der Waals surface area contributed by atoms with Crippen LogP contribution in [-0.2, 0) is 18.3 Å². The maximum atomic E-state index is 15.1. The first kappa shape index (κ1) is 29.6. The maximum absolute atomic E-state index is 15.1. The van der Waals surface area contributed by atoms with Gasteiger partial charge in [0.25, 0.3) is 5.69 Å². The van der Waals surface area contributed by atoms with Gasteiger partial charge in [-0.1, -0.05) is 60.7 Å². The van der Waals surface area contributed by atoms with Gasteiger partial charge in [-0.15, -0.1) is 5.11 Å². The molecule has 0 saturated heterocycles. The van der Waals surface area contributed by atoms with E-state index in [9.17, 15) is 10.1 Å². The molecule has 1 heterocycles. The molecule has 1 aliphatic rings. The van der Waals surface area contributed by atoms with Crippen molar-refractivity contribution < 1.29 is 23.3 Å². The maximum Gasteiger partial charge on any atom is 0.382 e. The van der Waals surface area contributed by atoms with Crippen LogP contribution in [0.1, 0.15) is 34.1 Å². The molecular formula is C29H33N3O6P2. The van der Waals surface area contributed by atoms with Crippen molar-refractivity contribution in [2.45, 2.75) is 46.3 Å². The number of rotatable bonds is 11. The fourth-order valence-corrected chi connectivity index (χ4v) is 12.6. The Labute approximate surface area is 234 Å². The van der Waals surface area contributed by atoms with E-state index in [1.807, 2.05) is 60.7 Å². The minimum absolute atomic E-state index is 0.0659. The van der Waals surface area contributed by atoms with E-state index < -0.39 is 31.6 Å². The molecule has 0 amide bonds. The summed E-state index contributed by atoms with van der Waals surface area (Å²) in [6.07, 6.45) is 1.44. The molecule has 0 unspecified atom stereocenters. The van der Waals surface area contributed by atoms with E-state index in [4.69, 9.17) is 18.9 Å². The Morgan fingerprint density at radius 2 is 1.40 bits per heavy atom.